The number of hydrogen-bond donors (Lipinski definition) is 2. The van der Waals surface area contributed by atoms with Gasteiger partial charge >= 0.3 is 0 Å². The molecule has 2 unspecified atom stereocenters. The predicted molar refractivity (Wildman–Crippen MR) is 174 cm³/mol. The molecule has 2 aromatic carbocycles. The fourth-order valence-corrected chi connectivity index (χ4v) is 9.15. The molecule has 3 fully saturated rings. The van der Waals surface area contributed by atoms with E-state index in [2.05, 4.69) is 15.5 Å². The van der Waals surface area contributed by atoms with Gasteiger partial charge in [-0.15, -0.1) is 0 Å². The molecular weight excluding hydrogens is 614 g/mol. The molecule has 2 saturated heterocycles. The number of amides is 3. The molecule has 1 saturated carbocycles. The number of fused-ring (bicyclic) bond motifs is 1. The zero-order chi connectivity index (χ0) is 31.9. The number of nitrogens with one attached hydrogen (secondary N) is 2. The largest absolute Gasteiger partial charge is 0.344 e. The Morgan fingerprint density at radius 3 is 2.38 bits per heavy atom. The summed E-state index contributed by atoms with van der Waals surface area (Å²) >= 11 is 6.28. The van der Waals surface area contributed by atoms with Crippen LogP contribution in [0.3, 0.4) is 0 Å². The molecule has 4 aliphatic rings. The molecule has 0 bridgehead atoms. The molecule has 12 heteroatoms. The molecule has 0 aromatic heterocycles. The highest BCUT2D eigenvalue weighted by atomic mass is 35.5. The van der Waals surface area contributed by atoms with Crippen LogP contribution in [0.1, 0.15) is 62.5 Å². The molecule has 1 aliphatic carbocycles. The molecule has 2 aromatic rings. The van der Waals surface area contributed by atoms with Gasteiger partial charge in [0.1, 0.15) is 12.1 Å². The molecule has 0 radical (unpaired) electrons. The Labute approximate surface area is 270 Å². The molecule has 3 aliphatic heterocycles. The van der Waals surface area contributed by atoms with Crippen molar-refractivity contribution >= 4 is 50.7 Å². The van der Waals surface area contributed by atoms with Crippen LogP contribution in [0.5, 0.6) is 0 Å². The summed E-state index contributed by atoms with van der Waals surface area (Å²) in [5.74, 6) is -0.937. The third-order valence-electron chi connectivity index (χ3n) is 9.69. The number of benzene rings is 2. The molecule has 2 N–H and O–H groups in total. The van der Waals surface area contributed by atoms with E-state index in [0.717, 1.165) is 43.1 Å². The number of anilines is 2. The van der Waals surface area contributed by atoms with Crippen LogP contribution >= 0.6 is 11.6 Å². The Morgan fingerprint density at radius 2 is 1.69 bits per heavy atom. The summed E-state index contributed by atoms with van der Waals surface area (Å²) in [5, 5.41) is 6.18. The van der Waals surface area contributed by atoms with Crippen molar-refractivity contribution in [2.24, 2.45) is 5.92 Å². The van der Waals surface area contributed by atoms with Gasteiger partial charge in [-0.3, -0.25) is 18.7 Å². The van der Waals surface area contributed by atoms with E-state index in [9.17, 15) is 22.8 Å². The number of nitrogens with zero attached hydrogens (tertiary/aromatic N) is 3. The summed E-state index contributed by atoms with van der Waals surface area (Å²) in [6.45, 7) is 6.71. The number of sulfonamides is 1. The lowest BCUT2D eigenvalue weighted by Crippen LogP contribution is -2.55. The van der Waals surface area contributed by atoms with Crippen molar-refractivity contribution in [3.63, 3.8) is 0 Å². The van der Waals surface area contributed by atoms with Crippen LogP contribution in [0.25, 0.3) is 0 Å². The van der Waals surface area contributed by atoms with Gasteiger partial charge in [0.15, 0.2) is 0 Å². The van der Waals surface area contributed by atoms with Gasteiger partial charge in [-0.25, -0.2) is 8.42 Å². The van der Waals surface area contributed by atoms with E-state index in [-0.39, 0.29) is 16.5 Å². The molecule has 2 atom stereocenters. The van der Waals surface area contributed by atoms with E-state index in [1.807, 2.05) is 4.90 Å². The van der Waals surface area contributed by atoms with Gasteiger partial charge in [0.2, 0.25) is 17.7 Å². The Bertz CT molecular complexity index is 1580. The van der Waals surface area contributed by atoms with Crippen LogP contribution in [-0.2, 0) is 24.4 Å². The summed E-state index contributed by atoms with van der Waals surface area (Å²) in [6, 6.07) is 8.35. The maximum atomic E-state index is 14.3. The second-order valence-electron chi connectivity index (χ2n) is 13.0. The molecule has 45 heavy (non-hydrogen) atoms. The lowest BCUT2D eigenvalue weighted by Gasteiger charge is -2.37. The van der Waals surface area contributed by atoms with Crippen molar-refractivity contribution in [3.8, 4) is 0 Å². The third-order valence-corrected chi connectivity index (χ3v) is 12.1. The summed E-state index contributed by atoms with van der Waals surface area (Å²) in [5.41, 5.74) is 1.62. The van der Waals surface area contributed by atoms with E-state index in [1.54, 1.807) is 44.2 Å². The normalized spacial score (nSPS) is 21.8. The fraction of sp³-hybridized carbons (Fsp3) is 0.545. The van der Waals surface area contributed by atoms with Crippen molar-refractivity contribution < 1.29 is 22.8 Å². The topological polar surface area (TPSA) is 119 Å². The molecule has 6 rings (SSSR count). The van der Waals surface area contributed by atoms with E-state index >= 15 is 0 Å². The number of piperidine rings is 1. The first-order valence-corrected chi connectivity index (χ1v) is 17.9. The van der Waals surface area contributed by atoms with Gasteiger partial charge in [0.25, 0.3) is 10.0 Å². The number of carbonyl (C=O) groups is 3. The minimum Gasteiger partial charge on any atom is -0.344 e. The van der Waals surface area contributed by atoms with Crippen molar-refractivity contribution in [2.75, 3.05) is 35.8 Å². The van der Waals surface area contributed by atoms with Crippen molar-refractivity contribution in [3.05, 3.63) is 52.5 Å². The second-order valence-corrected chi connectivity index (χ2v) is 15.2. The Morgan fingerprint density at radius 1 is 1.00 bits per heavy atom. The average molecular weight is 656 g/mol. The van der Waals surface area contributed by atoms with Crippen LogP contribution in [0.2, 0.25) is 5.02 Å². The Hall–Kier alpha value is -3.15. The maximum Gasteiger partial charge on any atom is 0.265 e. The van der Waals surface area contributed by atoms with Crippen LogP contribution in [-0.4, -0.2) is 80.2 Å². The van der Waals surface area contributed by atoms with Gasteiger partial charge < -0.3 is 20.4 Å². The zero-order valence-corrected chi connectivity index (χ0v) is 27.5. The highest BCUT2D eigenvalue weighted by Gasteiger charge is 2.43. The number of para-hydroxylation sites is 2. The summed E-state index contributed by atoms with van der Waals surface area (Å²) < 4.78 is 29.7. The van der Waals surface area contributed by atoms with E-state index < -0.39 is 40.3 Å². The zero-order valence-electron chi connectivity index (χ0n) is 25.9. The third kappa shape index (κ3) is 6.71. The Kier molecular flexibility index (Phi) is 9.14. The lowest BCUT2D eigenvalue weighted by molar-refractivity contribution is -0.136. The average Bonchev–Trinajstić information content (AvgIpc) is 3.71. The van der Waals surface area contributed by atoms with Gasteiger partial charge in [-0.05, 0) is 113 Å². The number of aryl methyl sites for hydroxylation is 2. The minimum absolute atomic E-state index is 0.0129. The van der Waals surface area contributed by atoms with Crippen molar-refractivity contribution in [1.82, 2.24) is 15.1 Å². The first kappa shape index (κ1) is 31.8. The lowest BCUT2D eigenvalue weighted by atomic mass is 9.89. The molecular formula is C33H42ClN5O5S. The van der Waals surface area contributed by atoms with E-state index in [4.69, 9.17) is 11.6 Å². The predicted octanol–water partition coefficient (Wildman–Crippen LogP) is 4.23. The second kappa shape index (κ2) is 12.9. The number of hydrogen-bond acceptors (Lipinski definition) is 6. The SMILES string of the molecule is Cc1cc(S(=O)(=O)N2c3ccccc3NC(=O)C2CC(=O)NC(CC2CCN(C3CC3)CC2)C(=O)N2CCCC2)c(C)cc1Cl. The van der Waals surface area contributed by atoms with Gasteiger partial charge in [-0.1, -0.05) is 23.7 Å². The fourth-order valence-electron chi connectivity index (χ4n) is 7.01. The number of likely N-dealkylation sites (tertiary alicyclic amines) is 2. The molecule has 3 amide bonds. The molecule has 242 valence electrons. The monoisotopic (exact) mass is 655 g/mol. The smallest absolute Gasteiger partial charge is 0.265 e. The maximum absolute atomic E-state index is 14.3. The molecule has 0 spiro atoms. The number of carbonyl (C=O) groups excluding carboxylic acids is 3. The molecule has 10 nitrogen and oxygen atoms in total. The standard InChI is InChI=1S/C33H42ClN5O5S/c1-21-18-30(22(2)17-25(21)34)45(43,44)39-28-8-4-3-7-26(28)36-32(41)29(39)20-31(40)35-27(33(42)38-13-5-6-14-38)19-23-11-15-37(16-12-23)24-9-10-24/h3-4,7-8,17-18,23-24,27,29H,5-6,9-16,19-20H2,1-2H3,(H,35,40)(H,36,41). The van der Waals surface area contributed by atoms with Gasteiger partial charge in [0.05, 0.1) is 22.7 Å². The van der Waals surface area contributed by atoms with Gasteiger partial charge in [-0.2, -0.15) is 0 Å². The Balaban J connectivity index is 1.25. The summed E-state index contributed by atoms with van der Waals surface area (Å²) in [4.78, 5) is 45.3. The van der Waals surface area contributed by atoms with Crippen LogP contribution in [0.4, 0.5) is 11.4 Å². The quantitative estimate of drug-likeness (QED) is 0.417. The summed E-state index contributed by atoms with van der Waals surface area (Å²) in [6.07, 6.45) is 6.45. The minimum atomic E-state index is -4.31. The van der Waals surface area contributed by atoms with E-state index in [1.165, 1.54) is 18.9 Å². The summed E-state index contributed by atoms with van der Waals surface area (Å²) in [7, 11) is -4.31. The first-order valence-electron chi connectivity index (χ1n) is 16.1. The van der Waals surface area contributed by atoms with Crippen LogP contribution in [0.15, 0.2) is 41.3 Å². The van der Waals surface area contributed by atoms with Crippen LogP contribution < -0.4 is 14.9 Å². The van der Waals surface area contributed by atoms with Crippen LogP contribution in [0, 0.1) is 19.8 Å². The highest BCUT2D eigenvalue weighted by Crippen LogP contribution is 2.39. The number of rotatable bonds is 9. The molecule has 3 heterocycles. The highest BCUT2D eigenvalue weighted by molar-refractivity contribution is 7.93. The van der Waals surface area contributed by atoms with E-state index in [0.29, 0.717) is 53.3 Å². The van der Waals surface area contributed by atoms with Crippen molar-refractivity contribution in [2.45, 2.75) is 88.2 Å². The number of halogens is 1. The van der Waals surface area contributed by atoms with Gasteiger partial charge in [0, 0.05) is 24.2 Å². The van der Waals surface area contributed by atoms with Crippen molar-refractivity contribution in [1.29, 1.82) is 0 Å². The first-order chi connectivity index (χ1) is 21.5.